The molecule has 0 spiro atoms. The summed E-state index contributed by atoms with van der Waals surface area (Å²) in [6, 6.07) is 0.979. The molecule has 0 aliphatic heterocycles. The molecule has 0 aromatic rings. The van der Waals surface area contributed by atoms with Crippen LogP contribution in [-0.4, -0.2) is 30.3 Å². The highest BCUT2D eigenvalue weighted by atomic mass is 16.3. The van der Waals surface area contributed by atoms with Gasteiger partial charge in [-0.1, -0.05) is 19.3 Å². The van der Waals surface area contributed by atoms with Gasteiger partial charge in [-0.25, -0.2) is 0 Å². The second kappa shape index (κ2) is 5.48. The molecular formula is C13H26N2O. The molecule has 2 unspecified atom stereocenters. The molecule has 0 amide bonds. The zero-order valence-corrected chi connectivity index (χ0v) is 10.3. The Morgan fingerprint density at radius 2 is 1.94 bits per heavy atom. The van der Waals surface area contributed by atoms with Crippen LogP contribution in [0.2, 0.25) is 0 Å². The predicted molar refractivity (Wildman–Crippen MR) is 66.2 cm³/mol. The van der Waals surface area contributed by atoms with Crippen LogP contribution in [0.1, 0.15) is 51.4 Å². The first kappa shape index (κ1) is 12.3. The highest BCUT2D eigenvalue weighted by molar-refractivity contribution is 4.88. The first-order valence-corrected chi connectivity index (χ1v) is 6.84. The summed E-state index contributed by atoms with van der Waals surface area (Å²) in [6.45, 7) is 1.33. The van der Waals surface area contributed by atoms with Gasteiger partial charge in [0.1, 0.15) is 0 Å². The number of nitrogens with two attached hydrogens (primary N) is 1. The van der Waals surface area contributed by atoms with Gasteiger partial charge in [0.05, 0.1) is 0 Å². The fraction of sp³-hybridized carbons (Fsp3) is 1.00. The maximum Gasteiger partial charge on any atom is 0.0499 e. The van der Waals surface area contributed by atoms with Crippen molar-refractivity contribution >= 4 is 0 Å². The lowest BCUT2D eigenvalue weighted by atomic mass is 9.85. The summed E-state index contributed by atoms with van der Waals surface area (Å²) in [5.41, 5.74) is 6.17. The number of hydrogen-bond donors (Lipinski definition) is 3. The molecule has 2 saturated carbocycles. The fourth-order valence-corrected chi connectivity index (χ4v) is 3.29. The second-order valence-corrected chi connectivity index (χ2v) is 5.87. The molecule has 0 aromatic carbocycles. The summed E-state index contributed by atoms with van der Waals surface area (Å²) in [5.74, 6) is 0. The van der Waals surface area contributed by atoms with E-state index in [1.165, 1.54) is 44.9 Å². The minimum Gasteiger partial charge on any atom is -0.396 e. The Balaban J connectivity index is 1.77. The minimum absolute atomic E-state index is 0.182. The van der Waals surface area contributed by atoms with Crippen LogP contribution in [-0.2, 0) is 0 Å². The molecule has 2 fully saturated rings. The standard InChI is InChI=1S/C13H26N2O/c14-11-4-3-5-12(8-11)15-9-13(10-16)6-1-2-7-13/h11-12,15-16H,1-10,14H2. The van der Waals surface area contributed by atoms with E-state index in [4.69, 9.17) is 5.73 Å². The summed E-state index contributed by atoms with van der Waals surface area (Å²) in [4.78, 5) is 0. The van der Waals surface area contributed by atoms with Gasteiger partial charge in [0.2, 0.25) is 0 Å². The van der Waals surface area contributed by atoms with E-state index in [1.807, 2.05) is 0 Å². The largest absolute Gasteiger partial charge is 0.396 e. The lowest BCUT2D eigenvalue weighted by Crippen LogP contribution is -2.44. The summed E-state index contributed by atoms with van der Waals surface area (Å²) in [5, 5.41) is 13.2. The molecule has 16 heavy (non-hydrogen) atoms. The maximum absolute atomic E-state index is 9.53. The van der Waals surface area contributed by atoms with Crippen LogP contribution in [0.3, 0.4) is 0 Å². The van der Waals surface area contributed by atoms with E-state index in [0.717, 1.165) is 13.0 Å². The van der Waals surface area contributed by atoms with Gasteiger partial charge in [-0.3, -0.25) is 0 Å². The zero-order valence-electron chi connectivity index (χ0n) is 10.3. The first-order valence-electron chi connectivity index (χ1n) is 6.84. The first-order chi connectivity index (χ1) is 7.74. The molecule has 2 atom stereocenters. The number of hydrogen-bond acceptors (Lipinski definition) is 3. The minimum atomic E-state index is 0.182. The molecule has 2 rings (SSSR count). The number of rotatable bonds is 4. The molecule has 0 radical (unpaired) electrons. The summed E-state index contributed by atoms with van der Waals surface area (Å²) in [6.07, 6.45) is 9.76. The predicted octanol–water partition coefficient (Wildman–Crippen LogP) is 1.40. The molecule has 0 bridgehead atoms. The molecule has 0 heterocycles. The van der Waals surface area contributed by atoms with Crippen LogP contribution in [0.15, 0.2) is 0 Å². The van der Waals surface area contributed by atoms with Crippen molar-refractivity contribution in [3.8, 4) is 0 Å². The Hall–Kier alpha value is -0.120. The third kappa shape index (κ3) is 2.96. The quantitative estimate of drug-likeness (QED) is 0.679. The highest BCUT2D eigenvalue weighted by Crippen LogP contribution is 2.37. The van der Waals surface area contributed by atoms with Crippen molar-refractivity contribution in [2.24, 2.45) is 11.1 Å². The Bertz CT molecular complexity index is 214. The van der Waals surface area contributed by atoms with Gasteiger partial charge in [-0.2, -0.15) is 0 Å². The average molecular weight is 226 g/mol. The highest BCUT2D eigenvalue weighted by Gasteiger charge is 2.33. The van der Waals surface area contributed by atoms with Gasteiger partial charge in [0, 0.05) is 30.7 Å². The topological polar surface area (TPSA) is 58.3 Å². The molecule has 2 aliphatic carbocycles. The van der Waals surface area contributed by atoms with Crippen molar-refractivity contribution in [2.75, 3.05) is 13.2 Å². The monoisotopic (exact) mass is 226 g/mol. The van der Waals surface area contributed by atoms with Crippen molar-refractivity contribution in [1.29, 1.82) is 0 Å². The molecule has 3 nitrogen and oxygen atoms in total. The van der Waals surface area contributed by atoms with Gasteiger partial charge in [0.15, 0.2) is 0 Å². The number of nitrogens with one attached hydrogen (secondary N) is 1. The van der Waals surface area contributed by atoms with Crippen molar-refractivity contribution in [2.45, 2.75) is 63.5 Å². The normalized spacial score (nSPS) is 34.1. The third-order valence-corrected chi connectivity index (χ3v) is 4.48. The van der Waals surface area contributed by atoms with E-state index in [2.05, 4.69) is 5.32 Å². The van der Waals surface area contributed by atoms with Crippen LogP contribution < -0.4 is 11.1 Å². The summed E-state index contributed by atoms with van der Waals surface area (Å²) in [7, 11) is 0. The molecule has 3 heteroatoms. The number of aliphatic hydroxyl groups is 1. The summed E-state index contributed by atoms with van der Waals surface area (Å²) >= 11 is 0. The van der Waals surface area contributed by atoms with Gasteiger partial charge in [-0.15, -0.1) is 0 Å². The lowest BCUT2D eigenvalue weighted by Gasteiger charge is -2.33. The van der Waals surface area contributed by atoms with E-state index in [9.17, 15) is 5.11 Å². The third-order valence-electron chi connectivity index (χ3n) is 4.48. The van der Waals surface area contributed by atoms with Crippen molar-refractivity contribution in [1.82, 2.24) is 5.32 Å². The van der Waals surface area contributed by atoms with E-state index in [0.29, 0.717) is 18.7 Å². The van der Waals surface area contributed by atoms with E-state index < -0.39 is 0 Å². The second-order valence-electron chi connectivity index (χ2n) is 5.87. The van der Waals surface area contributed by atoms with E-state index in [1.54, 1.807) is 0 Å². The molecule has 2 aliphatic rings. The van der Waals surface area contributed by atoms with E-state index >= 15 is 0 Å². The van der Waals surface area contributed by atoms with Gasteiger partial charge in [0.25, 0.3) is 0 Å². The molecule has 0 aromatic heterocycles. The van der Waals surface area contributed by atoms with Gasteiger partial charge < -0.3 is 16.2 Å². The lowest BCUT2D eigenvalue weighted by molar-refractivity contribution is 0.121. The average Bonchev–Trinajstić information content (AvgIpc) is 2.76. The van der Waals surface area contributed by atoms with Crippen LogP contribution in [0, 0.1) is 5.41 Å². The smallest absolute Gasteiger partial charge is 0.0499 e. The van der Waals surface area contributed by atoms with Crippen molar-refractivity contribution in [3.05, 3.63) is 0 Å². The van der Waals surface area contributed by atoms with Crippen molar-refractivity contribution < 1.29 is 5.11 Å². The molecule has 4 N–H and O–H groups in total. The van der Waals surface area contributed by atoms with Crippen LogP contribution >= 0.6 is 0 Å². The molecule has 0 saturated heterocycles. The fourth-order valence-electron chi connectivity index (χ4n) is 3.29. The van der Waals surface area contributed by atoms with E-state index in [-0.39, 0.29) is 5.41 Å². The van der Waals surface area contributed by atoms with Crippen LogP contribution in [0.25, 0.3) is 0 Å². The van der Waals surface area contributed by atoms with Crippen LogP contribution in [0.5, 0.6) is 0 Å². The Kier molecular flexibility index (Phi) is 4.22. The number of aliphatic hydroxyl groups excluding tert-OH is 1. The summed E-state index contributed by atoms with van der Waals surface area (Å²) < 4.78 is 0. The van der Waals surface area contributed by atoms with Gasteiger partial charge in [-0.05, 0) is 32.1 Å². The molecular weight excluding hydrogens is 200 g/mol. The molecule has 94 valence electrons. The van der Waals surface area contributed by atoms with Gasteiger partial charge >= 0.3 is 0 Å². The van der Waals surface area contributed by atoms with Crippen LogP contribution in [0.4, 0.5) is 0 Å². The zero-order chi connectivity index (χ0) is 11.4. The Morgan fingerprint density at radius 3 is 2.56 bits per heavy atom. The van der Waals surface area contributed by atoms with Crippen molar-refractivity contribution in [3.63, 3.8) is 0 Å². The maximum atomic E-state index is 9.53. The SMILES string of the molecule is NC1CCCC(NCC2(CO)CCCC2)C1. The Morgan fingerprint density at radius 1 is 1.19 bits per heavy atom. The Labute approximate surface area is 98.8 Å².